The van der Waals surface area contributed by atoms with E-state index in [0.717, 1.165) is 5.56 Å². The van der Waals surface area contributed by atoms with Crippen molar-refractivity contribution in [3.8, 4) is 0 Å². The Balaban J connectivity index is 2.17. The van der Waals surface area contributed by atoms with Gasteiger partial charge in [0.15, 0.2) is 5.69 Å². The first kappa shape index (κ1) is 11.2. The highest BCUT2D eigenvalue weighted by Gasteiger charge is 2.21. The fourth-order valence-corrected chi connectivity index (χ4v) is 2.24. The third-order valence-corrected chi connectivity index (χ3v) is 3.08. The normalized spacial score (nSPS) is 16.6. The Labute approximate surface area is 95.6 Å². The molecule has 1 aliphatic carbocycles. The second-order valence-corrected chi connectivity index (χ2v) is 4.30. The minimum Gasteiger partial charge on any atom is -0.461 e. The third kappa shape index (κ3) is 2.10. The van der Waals surface area contributed by atoms with Gasteiger partial charge in [0.2, 0.25) is 0 Å². The molecule has 0 bridgehead atoms. The van der Waals surface area contributed by atoms with Crippen molar-refractivity contribution in [3.63, 3.8) is 0 Å². The molecule has 0 aliphatic heterocycles. The van der Waals surface area contributed by atoms with Crippen LogP contribution in [0.2, 0.25) is 0 Å². The lowest BCUT2D eigenvalue weighted by Crippen LogP contribution is -2.10. The topological polar surface area (TPSA) is 44.1 Å². The molecule has 2 rings (SSSR count). The van der Waals surface area contributed by atoms with Crippen molar-refractivity contribution < 1.29 is 9.53 Å². The van der Waals surface area contributed by atoms with Gasteiger partial charge in [0.05, 0.1) is 12.6 Å². The van der Waals surface area contributed by atoms with Crippen molar-refractivity contribution >= 4 is 5.97 Å². The van der Waals surface area contributed by atoms with Crippen LogP contribution in [0.4, 0.5) is 0 Å². The summed E-state index contributed by atoms with van der Waals surface area (Å²) < 4.78 is 6.91. The minimum absolute atomic E-state index is 0.309. The molecule has 1 fully saturated rings. The molecule has 0 N–H and O–H groups in total. The van der Waals surface area contributed by atoms with E-state index in [0.29, 0.717) is 18.3 Å². The van der Waals surface area contributed by atoms with E-state index in [1.165, 1.54) is 25.7 Å². The highest BCUT2D eigenvalue weighted by atomic mass is 16.5. The van der Waals surface area contributed by atoms with Gasteiger partial charge in [-0.1, -0.05) is 12.8 Å². The first-order chi connectivity index (χ1) is 7.72. The van der Waals surface area contributed by atoms with Crippen LogP contribution >= 0.6 is 0 Å². The molecule has 0 radical (unpaired) electrons. The van der Waals surface area contributed by atoms with Crippen molar-refractivity contribution in [2.45, 2.75) is 45.6 Å². The van der Waals surface area contributed by atoms with Crippen LogP contribution in [0.15, 0.2) is 6.20 Å². The number of carbonyl (C=O) groups is 1. The number of ether oxygens (including phenoxy) is 1. The van der Waals surface area contributed by atoms with Crippen molar-refractivity contribution in [1.82, 2.24) is 9.78 Å². The summed E-state index contributed by atoms with van der Waals surface area (Å²) in [5.74, 6) is -0.309. The highest BCUT2D eigenvalue weighted by Crippen LogP contribution is 2.29. The van der Waals surface area contributed by atoms with Gasteiger partial charge in [0, 0.05) is 11.8 Å². The number of hydrogen-bond donors (Lipinski definition) is 0. The third-order valence-electron chi connectivity index (χ3n) is 3.08. The Morgan fingerprint density at radius 1 is 1.56 bits per heavy atom. The molecular formula is C12H18N2O2. The lowest BCUT2D eigenvalue weighted by molar-refractivity contribution is 0.0517. The van der Waals surface area contributed by atoms with Gasteiger partial charge in [-0.3, -0.25) is 4.68 Å². The second kappa shape index (κ2) is 4.68. The second-order valence-electron chi connectivity index (χ2n) is 4.30. The lowest BCUT2D eigenvalue weighted by Gasteiger charge is -2.08. The molecule has 4 heteroatoms. The Bertz CT molecular complexity index is 378. The molecule has 0 saturated heterocycles. The Kier molecular flexibility index (Phi) is 3.27. The number of rotatable bonds is 3. The molecule has 0 amide bonds. The predicted octanol–water partition coefficient (Wildman–Crippen LogP) is 2.48. The maximum absolute atomic E-state index is 11.6. The van der Waals surface area contributed by atoms with Crippen LogP contribution in [-0.4, -0.2) is 22.4 Å². The maximum Gasteiger partial charge on any atom is 0.359 e. The maximum atomic E-state index is 11.6. The summed E-state index contributed by atoms with van der Waals surface area (Å²) in [5.41, 5.74) is 1.37. The summed E-state index contributed by atoms with van der Waals surface area (Å²) in [6, 6.07) is 0.474. The molecule has 1 saturated carbocycles. The van der Waals surface area contributed by atoms with Crippen LogP contribution < -0.4 is 0 Å². The van der Waals surface area contributed by atoms with Crippen LogP contribution in [-0.2, 0) is 4.74 Å². The molecule has 0 unspecified atom stereocenters. The van der Waals surface area contributed by atoms with Crippen molar-refractivity contribution in [2.75, 3.05) is 6.61 Å². The molecule has 1 aromatic rings. The van der Waals surface area contributed by atoms with Gasteiger partial charge in [-0.2, -0.15) is 5.10 Å². The first-order valence-corrected chi connectivity index (χ1v) is 5.95. The largest absolute Gasteiger partial charge is 0.461 e. The van der Waals surface area contributed by atoms with Crippen molar-refractivity contribution in [2.24, 2.45) is 0 Å². The molecule has 1 aromatic heterocycles. The molecule has 0 spiro atoms. The smallest absolute Gasteiger partial charge is 0.359 e. The standard InChI is InChI=1S/C12H18N2O2/c1-3-16-12(15)11-9(2)8-14(13-11)10-6-4-5-7-10/h8,10H,3-7H2,1-2H3. The number of hydrogen-bond acceptors (Lipinski definition) is 3. The summed E-state index contributed by atoms with van der Waals surface area (Å²) in [6.07, 6.45) is 6.83. The molecule has 1 aliphatic rings. The van der Waals surface area contributed by atoms with E-state index in [4.69, 9.17) is 4.74 Å². The van der Waals surface area contributed by atoms with Crippen LogP contribution in [0.25, 0.3) is 0 Å². The summed E-state index contributed by atoms with van der Waals surface area (Å²) in [4.78, 5) is 11.6. The van der Waals surface area contributed by atoms with Crippen LogP contribution in [0, 0.1) is 6.92 Å². The number of aryl methyl sites for hydroxylation is 1. The van der Waals surface area contributed by atoms with Crippen LogP contribution in [0.5, 0.6) is 0 Å². The molecule has 4 nitrogen and oxygen atoms in total. The predicted molar refractivity (Wildman–Crippen MR) is 60.4 cm³/mol. The van der Waals surface area contributed by atoms with Crippen molar-refractivity contribution in [1.29, 1.82) is 0 Å². The van der Waals surface area contributed by atoms with E-state index in [9.17, 15) is 4.79 Å². The molecule has 0 aromatic carbocycles. The van der Waals surface area contributed by atoms with E-state index in [-0.39, 0.29) is 5.97 Å². The highest BCUT2D eigenvalue weighted by molar-refractivity contribution is 5.88. The van der Waals surface area contributed by atoms with Gasteiger partial charge >= 0.3 is 5.97 Å². The summed E-state index contributed by atoms with van der Waals surface area (Å²) >= 11 is 0. The van der Waals surface area contributed by atoms with E-state index in [1.54, 1.807) is 6.92 Å². The molecule has 1 heterocycles. The number of nitrogens with zero attached hydrogens (tertiary/aromatic N) is 2. The Morgan fingerprint density at radius 3 is 2.88 bits per heavy atom. The molecule has 16 heavy (non-hydrogen) atoms. The quantitative estimate of drug-likeness (QED) is 0.738. The van der Waals surface area contributed by atoms with Gasteiger partial charge < -0.3 is 4.74 Å². The average molecular weight is 222 g/mol. The summed E-state index contributed by atoms with van der Waals surface area (Å²) in [5, 5.41) is 4.35. The van der Waals surface area contributed by atoms with Gasteiger partial charge in [0.1, 0.15) is 0 Å². The van der Waals surface area contributed by atoms with E-state index in [1.807, 2.05) is 17.8 Å². The van der Waals surface area contributed by atoms with Gasteiger partial charge in [-0.05, 0) is 26.7 Å². The van der Waals surface area contributed by atoms with Gasteiger partial charge in [0.25, 0.3) is 0 Å². The fraction of sp³-hybridized carbons (Fsp3) is 0.667. The zero-order valence-corrected chi connectivity index (χ0v) is 9.90. The molecule has 0 atom stereocenters. The van der Waals surface area contributed by atoms with Crippen LogP contribution in [0.1, 0.15) is 54.7 Å². The first-order valence-electron chi connectivity index (χ1n) is 5.95. The monoisotopic (exact) mass is 222 g/mol. The SMILES string of the molecule is CCOC(=O)c1nn(C2CCCC2)cc1C. The minimum atomic E-state index is -0.309. The summed E-state index contributed by atoms with van der Waals surface area (Å²) in [6.45, 7) is 4.11. The van der Waals surface area contributed by atoms with Gasteiger partial charge in [-0.15, -0.1) is 0 Å². The Morgan fingerprint density at radius 2 is 2.25 bits per heavy atom. The molecular weight excluding hydrogens is 204 g/mol. The number of aromatic nitrogens is 2. The van der Waals surface area contributed by atoms with E-state index < -0.39 is 0 Å². The van der Waals surface area contributed by atoms with Crippen LogP contribution in [0.3, 0.4) is 0 Å². The zero-order chi connectivity index (χ0) is 11.5. The Hall–Kier alpha value is -1.32. The van der Waals surface area contributed by atoms with E-state index in [2.05, 4.69) is 5.10 Å². The lowest BCUT2D eigenvalue weighted by atomic mass is 10.2. The van der Waals surface area contributed by atoms with Gasteiger partial charge in [-0.25, -0.2) is 4.79 Å². The van der Waals surface area contributed by atoms with Crippen molar-refractivity contribution in [3.05, 3.63) is 17.5 Å². The fourth-order valence-electron chi connectivity index (χ4n) is 2.24. The van der Waals surface area contributed by atoms with E-state index >= 15 is 0 Å². The molecule has 88 valence electrons. The average Bonchev–Trinajstić information content (AvgIpc) is 2.86. The summed E-state index contributed by atoms with van der Waals surface area (Å²) in [7, 11) is 0. The zero-order valence-electron chi connectivity index (χ0n) is 9.90. The number of esters is 1. The number of carbonyl (C=O) groups excluding carboxylic acids is 1.